The summed E-state index contributed by atoms with van der Waals surface area (Å²) in [5.41, 5.74) is 2.74. The van der Waals surface area contributed by atoms with Crippen LogP contribution in [0.1, 0.15) is 35.1 Å². The average molecular weight is 341 g/mol. The zero-order chi connectivity index (χ0) is 18.2. The van der Waals surface area contributed by atoms with Crippen LogP contribution in [0.2, 0.25) is 0 Å². The highest BCUT2D eigenvalue weighted by atomic mass is 16.5. The van der Waals surface area contributed by atoms with Crippen LogP contribution in [0.4, 0.5) is 0 Å². The molecule has 132 valence electrons. The maximum Gasteiger partial charge on any atom is 0.313 e. The molecule has 1 aliphatic rings. The highest BCUT2D eigenvalue weighted by Crippen LogP contribution is 2.32. The standard InChI is InChI=1S/C19H23N3O3/c1-13-5-7-15(8-6-13)22-14(2)11-16(20-22)17(23)21-10-9-19(3,12-21)18(24)25-4/h5-8,11H,9-10,12H2,1-4H3. The maximum absolute atomic E-state index is 12.8. The van der Waals surface area contributed by atoms with Crippen LogP contribution >= 0.6 is 0 Å². The highest BCUT2D eigenvalue weighted by molar-refractivity contribution is 5.93. The van der Waals surface area contributed by atoms with Crippen LogP contribution in [0, 0.1) is 19.3 Å². The molecule has 0 radical (unpaired) electrons. The SMILES string of the molecule is COC(=O)C1(C)CCN(C(=O)c2cc(C)n(-c3ccc(C)cc3)n2)C1. The second-order valence-electron chi connectivity index (χ2n) is 6.95. The predicted molar refractivity (Wildman–Crippen MR) is 93.7 cm³/mol. The molecule has 3 rings (SSSR count). The fourth-order valence-electron chi connectivity index (χ4n) is 3.24. The first-order chi connectivity index (χ1) is 11.8. The quantitative estimate of drug-likeness (QED) is 0.805. The summed E-state index contributed by atoms with van der Waals surface area (Å²) < 4.78 is 6.63. The van der Waals surface area contributed by atoms with Crippen LogP contribution in [0.5, 0.6) is 0 Å². The maximum atomic E-state index is 12.8. The second kappa shape index (κ2) is 6.35. The van der Waals surface area contributed by atoms with Crippen molar-refractivity contribution in [1.29, 1.82) is 0 Å². The van der Waals surface area contributed by atoms with Crippen LogP contribution in [0.25, 0.3) is 5.69 Å². The van der Waals surface area contributed by atoms with Crippen molar-refractivity contribution in [1.82, 2.24) is 14.7 Å². The van der Waals surface area contributed by atoms with E-state index in [1.54, 1.807) is 15.6 Å². The van der Waals surface area contributed by atoms with Crippen molar-refractivity contribution in [3.8, 4) is 5.69 Å². The van der Waals surface area contributed by atoms with E-state index in [1.807, 2.05) is 45.0 Å². The molecule has 1 fully saturated rings. The largest absolute Gasteiger partial charge is 0.469 e. The Hall–Kier alpha value is -2.63. The summed E-state index contributed by atoms with van der Waals surface area (Å²) in [5.74, 6) is -0.425. The van der Waals surface area contributed by atoms with Gasteiger partial charge in [-0.05, 0) is 45.4 Å². The number of rotatable bonds is 3. The van der Waals surface area contributed by atoms with Gasteiger partial charge in [-0.15, -0.1) is 0 Å². The van der Waals surface area contributed by atoms with Crippen LogP contribution in [0.15, 0.2) is 30.3 Å². The number of hydrogen-bond donors (Lipinski definition) is 0. The summed E-state index contributed by atoms with van der Waals surface area (Å²) in [6, 6.07) is 9.78. The van der Waals surface area contributed by atoms with Gasteiger partial charge < -0.3 is 9.64 Å². The predicted octanol–water partition coefficient (Wildman–Crippen LogP) is 2.51. The van der Waals surface area contributed by atoms with Crippen molar-refractivity contribution >= 4 is 11.9 Å². The number of methoxy groups -OCH3 is 1. The third-order valence-corrected chi connectivity index (χ3v) is 4.82. The van der Waals surface area contributed by atoms with E-state index in [0.29, 0.717) is 25.2 Å². The van der Waals surface area contributed by atoms with Gasteiger partial charge in [-0.3, -0.25) is 9.59 Å². The van der Waals surface area contributed by atoms with Crippen LogP contribution in [-0.4, -0.2) is 46.8 Å². The van der Waals surface area contributed by atoms with E-state index in [9.17, 15) is 9.59 Å². The molecule has 1 saturated heterocycles. The fourth-order valence-corrected chi connectivity index (χ4v) is 3.24. The number of aromatic nitrogens is 2. The minimum atomic E-state index is -0.640. The van der Waals surface area contributed by atoms with Gasteiger partial charge in [0, 0.05) is 18.8 Å². The van der Waals surface area contributed by atoms with Gasteiger partial charge in [-0.2, -0.15) is 5.10 Å². The van der Waals surface area contributed by atoms with Gasteiger partial charge in [0.1, 0.15) is 0 Å². The van der Waals surface area contributed by atoms with E-state index >= 15 is 0 Å². The van der Waals surface area contributed by atoms with Gasteiger partial charge in [0.05, 0.1) is 18.2 Å². The lowest BCUT2D eigenvalue weighted by Gasteiger charge is -2.21. The number of ether oxygens (including phenoxy) is 1. The van der Waals surface area contributed by atoms with Crippen molar-refractivity contribution in [3.05, 3.63) is 47.3 Å². The number of amides is 1. The van der Waals surface area contributed by atoms with Crippen LogP contribution in [0.3, 0.4) is 0 Å². The molecule has 1 aromatic heterocycles. The lowest BCUT2D eigenvalue weighted by Crippen LogP contribution is -2.35. The Balaban J connectivity index is 1.81. The third-order valence-electron chi connectivity index (χ3n) is 4.82. The number of esters is 1. The van der Waals surface area contributed by atoms with E-state index in [2.05, 4.69) is 5.10 Å². The van der Waals surface area contributed by atoms with Gasteiger partial charge in [0.25, 0.3) is 5.91 Å². The first-order valence-corrected chi connectivity index (χ1v) is 8.35. The van der Waals surface area contributed by atoms with Gasteiger partial charge >= 0.3 is 5.97 Å². The molecule has 6 heteroatoms. The molecule has 0 aliphatic carbocycles. The lowest BCUT2D eigenvalue weighted by atomic mass is 9.90. The molecule has 0 spiro atoms. The van der Waals surface area contributed by atoms with Crippen molar-refractivity contribution in [2.24, 2.45) is 5.41 Å². The lowest BCUT2D eigenvalue weighted by molar-refractivity contribution is -0.150. The summed E-state index contributed by atoms with van der Waals surface area (Å²) in [6.07, 6.45) is 0.600. The first kappa shape index (κ1) is 17.2. The third kappa shape index (κ3) is 3.16. The molecule has 1 amide bonds. The highest BCUT2D eigenvalue weighted by Gasteiger charge is 2.43. The molecule has 2 aromatic rings. The summed E-state index contributed by atoms with van der Waals surface area (Å²) >= 11 is 0. The van der Waals surface area contributed by atoms with Crippen molar-refractivity contribution in [3.63, 3.8) is 0 Å². The number of likely N-dealkylation sites (tertiary alicyclic amines) is 1. The zero-order valence-corrected chi connectivity index (χ0v) is 15.1. The molecule has 2 heterocycles. The topological polar surface area (TPSA) is 64.4 Å². The van der Waals surface area contributed by atoms with Crippen molar-refractivity contribution < 1.29 is 14.3 Å². The summed E-state index contributed by atoms with van der Waals surface area (Å²) in [7, 11) is 1.38. The monoisotopic (exact) mass is 341 g/mol. The molecular formula is C19H23N3O3. The number of benzene rings is 1. The van der Waals surface area contributed by atoms with Crippen molar-refractivity contribution in [2.75, 3.05) is 20.2 Å². The Morgan fingerprint density at radius 3 is 2.52 bits per heavy atom. The number of aryl methyl sites for hydroxylation is 2. The summed E-state index contributed by atoms with van der Waals surface area (Å²) in [6.45, 7) is 6.67. The van der Waals surface area contributed by atoms with E-state index in [1.165, 1.54) is 12.7 Å². The fraction of sp³-hybridized carbons (Fsp3) is 0.421. The number of carbonyl (C=O) groups is 2. The van der Waals surface area contributed by atoms with E-state index < -0.39 is 5.41 Å². The summed E-state index contributed by atoms with van der Waals surface area (Å²) in [4.78, 5) is 26.4. The second-order valence-corrected chi connectivity index (χ2v) is 6.95. The summed E-state index contributed by atoms with van der Waals surface area (Å²) in [5, 5.41) is 4.48. The Bertz CT molecular complexity index is 810. The average Bonchev–Trinajstić information content (AvgIpc) is 3.18. The molecule has 1 aliphatic heterocycles. The minimum absolute atomic E-state index is 0.151. The Morgan fingerprint density at radius 1 is 1.20 bits per heavy atom. The molecule has 1 aromatic carbocycles. The number of carbonyl (C=O) groups excluding carboxylic acids is 2. The minimum Gasteiger partial charge on any atom is -0.469 e. The first-order valence-electron chi connectivity index (χ1n) is 8.35. The number of hydrogen-bond acceptors (Lipinski definition) is 4. The van der Waals surface area contributed by atoms with Gasteiger partial charge in [-0.25, -0.2) is 4.68 Å². The van der Waals surface area contributed by atoms with Crippen LogP contribution in [-0.2, 0) is 9.53 Å². The molecule has 0 saturated carbocycles. The van der Waals surface area contributed by atoms with Gasteiger partial charge in [0.15, 0.2) is 5.69 Å². The smallest absolute Gasteiger partial charge is 0.313 e. The number of nitrogens with zero attached hydrogens (tertiary/aromatic N) is 3. The Labute approximate surface area is 147 Å². The van der Waals surface area contributed by atoms with Gasteiger partial charge in [-0.1, -0.05) is 17.7 Å². The van der Waals surface area contributed by atoms with E-state index in [4.69, 9.17) is 4.74 Å². The molecule has 1 unspecified atom stereocenters. The molecule has 6 nitrogen and oxygen atoms in total. The Kier molecular flexibility index (Phi) is 4.37. The molecule has 25 heavy (non-hydrogen) atoms. The Morgan fingerprint density at radius 2 is 1.88 bits per heavy atom. The molecular weight excluding hydrogens is 318 g/mol. The van der Waals surface area contributed by atoms with Crippen LogP contribution < -0.4 is 0 Å². The normalized spacial score (nSPS) is 19.9. The van der Waals surface area contributed by atoms with E-state index in [-0.39, 0.29) is 11.9 Å². The molecule has 1 atom stereocenters. The molecule has 0 N–H and O–H groups in total. The van der Waals surface area contributed by atoms with E-state index in [0.717, 1.165) is 11.4 Å². The van der Waals surface area contributed by atoms with Crippen molar-refractivity contribution in [2.45, 2.75) is 27.2 Å². The van der Waals surface area contributed by atoms with Gasteiger partial charge in [0.2, 0.25) is 0 Å². The molecule has 0 bridgehead atoms. The zero-order valence-electron chi connectivity index (χ0n) is 15.1.